The van der Waals surface area contributed by atoms with Crippen LogP contribution in [0.25, 0.3) is 0 Å². The van der Waals surface area contributed by atoms with E-state index in [-0.39, 0.29) is 6.10 Å². The fraction of sp³-hybridized carbons (Fsp3) is 0.667. The first-order valence-electron chi connectivity index (χ1n) is 4.13. The Morgan fingerprint density at radius 3 is 3.00 bits per heavy atom. The molecule has 0 radical (unpaired) electrons. The molecule has 62 valence electrons. The summed E-state index contributed by atoms with van der Waals surface area (Å²) in [6.45, 7) is 2.82. The van der Waals surface area contributed by atoms with E-state index in [1.54, 1.807) is 0 Å². The Kier molecular flexibility index (Phi) is 3.30. The van der Waals surface area contributed by atoms with Crippen LogP contribution >= 0.6 is 0 Å². The Morgan fingerprint density at radius 1 is 1.55 bits per heavy atom. The SMILES string of the molecule is C/C=C\C1CCCOC1C=N. The summed E-state index contributed by atoms with van der Waals surface area (Å²) in [5.41, 5.74) is 0. The van der Waals surface area contributed by atoms with Gasteiger partial charge in [-0.25, -0.2) is 0 Å². The third-order valence-electron chi connectivity index (χ3n) is 2.02. The van der Waals surface area contributed by atoms with E-state index in [9.17, 15) is 0 Å². The normalized spacial score (nSPS) is 32.5. The van der Waals surface area contributed by atoms with Crippen LogP contribution in [0.3, 0.4) is 0 Å². The largest absolute Gasteiger partial charge is 0.372 e. The molecule has 1 heterocycles. The molecule has 2 atom stereocenters. The highest BCUT2D eigenvalue weighted by Crippen LogP contribution is 2.20. The van der Waals surface area contributed by atoms with Crippen molar-refractivity contribution in [3.8, 4) is 0 Å². The van der Waals surface area contributed by atoms with Crippen LogP contribution in [0.5, 0.6) is 0 Å². The highest BCUT2D eigenvalue weighted by molar-refractivity contribution is 5.60. The van der Waals surface area contributed by atoms with Crippen LogP contribution in [0.4, 0.5) is 0 Å². The van der Waals surface area contributed by atoms with Gasteiger partial charge in [-0.05, 0) is 19.8 Å². The van der Waals surface area contributed by atoms with E-state index in [2.05, 4.69) is 6.08 Å². The molecule has 0 spiro atoms. The minimum atomic E-state index is 0.0277. The lowest BCUT2D eigenvalue weighted by Crippen LogP contribution is -2.29. The number of nitrogens with one attached hydrogen (secondary N) is 1. The maximum atomic E-state index is 7.12. The Bertz CT molecular complexity index is 154. The van der Waals surface area contributed by atoms with Gasteiger partial charge in [0.25, 0.3) is 0 Å². The molecule has 0 bridgehead atoms. The van der Waals surface area contributed by atoms with Crippen molar-refractivity contribution in [2.24, 2.45) is 5.92 Å². The average molecular weight is 153 g/mol. The van der Waals surface area contributed by atoms with Gasteiger partial charge in [-0.2, -0.15) is 0 Å². The van der Waals surface area contributed by atoms with Crippen LogP contribution in [0.1, 0.15) is 19.8 Å². The van der Waals surface area contributed by atoms with Crippen LogP contribution < -0.4 is 0 Å². The zero-order valence-corrected chi connectivity index (χ0v) is 6.92. The summed E-state index contributed by atoms with van der Waals surface area (Å²) in [4.78, 5) is 0. The quantitative estimate of drug-likeness (QED) is 0.477. The first kappa shape index (κ1) is 8.47. The van der Waals surface area contributed by atoms with E-state index >= 15 is 0 Å². The molecule has 0 aromatic heterocycles. The first-order chi connectivity index (χ1) is 5.38. The molecule has 0 aromatic carbocycles. The number of allylic oxidation sites excluding steroid dienone is 1. The first-order valence-corrected chi connectivity index (χ1v) is 4.13. The summed E-state index contributed by atoms with van der Waals surface area (Å²) in [6.07, 6.45) is 7.89. The van der Waals surface area contributed by atoms with Crippen molar-refractivity contribution in [2.45, 2.75) is 25.9 Å². The van der Waals surface area contributed by atoms with Crippen molar-refractivity contribution < 1.29 is 4.74 Å². The molecule has 1 rings (SSSR count). The molecule has 0 saturated carbocycles. The third kappa shape index (κ3) is 2.15. The average Bonchev–Trinajstić information content (AvgIpc) is 2.06. The maximum Gasteiger partial charge on any atom is 0.0981 e. The summed E-state index contributed by atoms with van der Waals surface area (Å²) in [7, 11) is 0. The number of ether oxygens (including phenoxy) is 1. The van der Waals surface area contributed by atoms with Gasteiger partial charge in [0.1, 0.15) is 0 Å². The molecule has 11 heavy (non-hydrogen) atoms. The molecule has 0 aromatic rings. The fourth-order valence-electron chi connectivity index (χ4n) is 1.45. The summed E-state index contributed by atoms with van der Waals surface area (Å²) in [5, 5.41) is 7.12. The van der Waals surface area contributed by atoms with Gasteiger partial charge in [-0.15, -0.1) is 0 Å². The van der Waals surface area contributed by atoms with Crippen molar-refractivity contribution in [1.82, 2.24) is 0 Å². The smallest absolute Gasteiger partial charge is 0.0981 e. The predicted octanol–water partition coefficient (Wildman–Crippen LogP) is 2.01. The second-order valence-corrected chi connectivity index (χ2v) is 2.83. The highest BCUT2D eigenvalue weighted by Gasteiger charge is 2.20. The van der Waals surface area contributed by atoms with E-state index < -0.39 is 0 Å². The van der Waals surface area contributed by atoms with Crippen molar-refractivity contribution in [2.75, 3.05) is 6.61 Å². The van der Waals surface area contributed by atoms with Gasteiger partial charge in [0.15, 0.2) is 0 Å². The summed E-state index contributed by atoms with van der Waals surface area (Å²) in [5.74, 6) is 0.436. The van der Waals surface area contributed by atoms with E-state index in [4.69, 9.17) is 10.1 Å². The zero-order chi connectivity index (χ0) is 8.10. The van der Waals surface area contributed by atoms with Gasteiger partial charge in [-0.3, -0.25) is 0 Å². The third-order valence-corrected chi connectivity index (χ3v) is 2.02. The van der Waals surface area contributed by atoms with Crippen molar-refractivity contribution in [3.05, 3.63) is 12.2 Å². The predicted molar refractivity (Wildman–Crippen MR) is 46.1 cm³/mol. The van der Waals surface area contributed by atoms with E-state index in [0.29, 0.717) is 5.92 Å². The number of hydrogen-bond donors (Lipinski definition) is 1. The standard InChI is InChI=1S/C9H15NO/c1-2-4-8-5-3-6-11-9(8)7-10/h2,4,7-10H,3,5-6H2,1H3/b4-2-,10-7?. The van der Waals surface area contributed by atoms with Crippen molar-refractivity contribution in [1.29, 1.82) is 5.41 Å². The van der Waals surface area contributed by atoms with Gasteiger partial charge >= 0.3 is 0 Å². The summed E-state index contributed by atoms with van der Waals surface area (Å²) >= 11 is 0. The molecule has 1 aliphatic heterocycles. The molecule has 2 unspecified atom stereocenters. The van der Waals surface area contributed by atoms with Crippen LogP contribution in [0.15, 0.2) is 12.2 Å². The Balaban J connectivity index is 2.50. The molecule has 0 aliphatic carbocycles. The zero-order valence-electron chi connectivity index (χ0n) is 6.92. The number of hydrogen-bond acceptors (Lipinski definition) is 2. The molecule has 1 N–H and O–H groups in total. The monoisotopic (exact) mass is 153 g/mol. The van der Waals surface area contributed by atoms with Gasteiger partial charge in [0, 0.05) is 18.7 Å². The molecule has 0 amide bonds. The number of rotatable bonds is 2. The van der Waals surface area contributed by atoms with Crippen LogP contribution in [-0.2, 0) is 4.74 Å². The minimum absolute atomic E-state index is 0.0277. The lowest BCUT2D eigenvalue weighted by Gasteiger charge is -2.26. The van der Waals surface area contributed by atoms with Crippen LogP contribution in [-0.4, -0.2) is 18.9 Å². The second-order valence-electron chi connectivity index (χ2n) is 2.83. The van der Waals surface area contributed by atoms with Crippen molar-refractivity contribution in [3.63, 3.8) is 0 Å². The molecular weight excluding hydrogens is 138 g/mol. The highest BCUT2D eigenvalue weighted by atomic mass is 16.5. The summed E-state index contributed by atoms with van der Waals surface area (Å²) in [6, 6.07) is 0. The Hall–Kier alpha value is -0.630. The fourth-order valence-corrected chi connectivity index (χ4v) is 1.45. The minimum Gasteiger partial charge on any atom is -0.372 e. The van der Waals surface area contributed by atoms with Crippen molar-refractivity contribution >= 4 is 6.21 Å². The topological polar surface area (TPSA) is 33.1 Å². The van der Waals surface area contributed by atoms with Gasteiger partial charge in [0.2, 0.25) is 0 Å². The van der Waals surface area contributed by atoms with Crippen LogP contribution in [0, 0.1) is 11.3 Å². The molecular formula is C9H15NO. The summed E-state index contributed by atoms with van der Waals surface area (Å²) < 4.78 is 5.40. The molecule has 1 aliphatic rings. The molecule has 2 heteroatoms. The van der Waals surface area contributed by atoms with E-state index in [0.717, 1.165) is 19.4 Å². The lowest BCUT2D eigenvalue weighted by atomic mass is 9.94. The molecule has 1 fully saturated rings. The van der Waals surface area contributed by atoms with Gasteiger partial charge in [0.05, 0.1) is 6.10 Å². The Labute approximate surface area is 67.8 Å². The van der Waals surface area contributed by atoms with Gasteiger partial charge in [-0.1, -0.05) is 12.2 Å². The maximum absolute atomic E-state index is 7.12. The van der Waals surface area contributed by atoms with Gasteiger partial charge < -0.3 is 10.1 Å². The Morgan fingerprint density at radius 2 is 2.36 bits per heavy atom. The van der Waals surface area contributed by atoms with E-state index in [1.807, 2.05) is 13.0 Å². The van der Waals surface area contributed by atoms with Crippen LogP contribution in [0.2, 0.25) is 0 Å². The molecule has 1 saturated heterocycles. The lowest BCUT2D eigenvalue weighted by molar-refractivity contribution is 0.0345. The van der Waals surface area contributed by atoms with E-state index in [1.165, 1.54) is 6.21 Å². The molecule has 2 nitrogen and oxygen atoms in total. The second kappa shape index (κ2) is 4.29.